The smallest absolute Gasteiger partial charge is 0.201 e. The van der Waals surface area contributed by atoms with Gasteiger partial charge < -0.3 is 15.0 Å². The van der Waals surface area contributed by atoms with Crippen molar-refractivity contribution in [1.82, 2.24) is 9.55 Å². The summed E-state index contributed by atoms with van der Waals surface area (Å²) >= 11 is 0. The van der Waals surface area contributed by atoms with Crippen LogP contribution in [0, 0.1) is 5.92 Å². The normalized spacial score (nSPS) is 13.2. The molecule has 4 nitrogen and oxygen atoms in total. The molecule has 0 radical (unpaired) electrons. The van der Waals surface area contributed by atoms with Gasteiger partial charge in [0.15, 0.2) is 0 Å². The van der Waals surface area contributed by atoms with E-state index in [0.29, 0.717) is 17.9 Å². The lowest BCUT2D eigenvalue weighted by molar-refractivity contribution is 0.414. The fourth-order valence-electron chi connectivity index (χ4n) is 1.95. The summed E-state index contributed by atoms with van der Waals surface area (Å²) in [4.78, 5) is 4.39. The van der Waals surface area contributed by atoms with Gasteiger partial charge in [0.2, 0.25) is 5.95 Å². The molecule has 0 aliphatic rings. The first-order valence-corrected chi connectivity index (χ1v) is 5.86. The minimum Gasteiger partial charge on any atom is -0.497 e. The van der Waals surface area contributed by atoms with Gasteiger partial charge in [-0.05, 0) is 25.0 Å². The van der Waals surface area contributed by atoms with E-state index in [1.807, 2.05) is 18.2 Å². The Morgan fingerprint density at radius 2 is 2.00 bits per heavy atom. The largest absolute Gasteiger partial charge is 0.497 e. The lowest BCUT2D eigenvalue weighted by atomic mass is 10.1. The monoisotopic (exact) mass is 233 g/mol. The van der Waals surface area contributed by atoms with E-state index in [9.17, 15) is 0 Å². The second-order valence-electron chi connectivity index (χ2n) is 4.68. The first-order valence-electron chi connectivity index (χ1n) is 5.86. The molecule has 0 bridgehead atoms. The van der Waals surface area contributed by atoms with Crippen LogP contribution in [0.25, 0.3) is 11.0 Å². The SMILES string of the molecule is COc1ccc2c(c1)nc(N)n2C(C)C(C)C. The van der Waals surface area contributed by atoms with Crippen LogP contribution in [0.15, 0.2) is 18.2 Å². The molecule has 2 N–H and O–H groups in total. The summed E-state index contributed by atoms with van der Waals surface area (Å²) in [6.07, 6.45) is 0. The number of ether oxygens (including phenoxy) is 1. The van der Waals surface area contributed by atoms with Gasteiger partial charge in [-0.3, -0.25) is 0 Å². The third-order valence-electron chi connectivity index (χ3n) is 3.30. The zero-order valence-electron chi connectivity index (χ0n) is 10.8. The number of rotatable bonds is 3. The average Bonchev–Trinajstić information content (AvgIpc) is 2.62. The summed E-state index contributed by atoms with van der Waals surface area (Å²) in [6, 6.07) is 6.19. The Morgan fingerprint density at radius 3 is 2.59 bits per heavy atom. The number of anilines is 1. The van der Waals surface area contributed by atoms with E-state index in [4.69, 9.17) is 10.5 Å². The van der Waals surface area contributed by atoms with E-state index in [1.165, 1.54) is 0 Å². The molecule has 0 amide bonds. The number of imidazole rings is 1. The number of aromatic nitrogens is 2. The predicted molar refractivity (Wildman–Crippen MR) is 70.2 cm³/mol. The molecule has 2 rings (SSSR count). The van der Waals surface area contributed by atoms with Gasteiger partial charge >= 0.3 is 0 Å². The Kier molecular flexibility index (Phi) is 2.96. The Morgan fingerprint density at radius 1 is 1.29 bits per heavy atom. The number of nitrogens with zero attached hydrogens (tertiary/aromatic N) is 2. The molecule has 1 heterocycles. The first-order chi connectivity index (χ1) is 8.04. The molecule has 0 fully saturated rings. The Labute approximate surface area is 101 Å². The van der Waals surface area contributed by atoms with Crippen molar-refractivity contribution in [2.45, 2.75) is 26.8 Å². The number of hydrogen-bond acceptors (Lipinski definition) is 3. The zero-order chi connectivity index (χ0) is 12.6. The maximum atomic E-state index is 5.99. The molecule has 17 heavy (non-hydrogen) atoms. The van der Waals surface area contributed by atoms with E-state index in [0.717, 1.165) is 16.8 Å². The second-order valence-corrected chi connectivity index (χ2v) is 4.68. The van der Waals surface area contributed by atoms with Crippen molar-refractivity contribution in [3.63, 3.8) is 0 Å². The van der Waals surface area contributed by atoms with Crippen LogP contribution in [0.2, 0.25) is 0 Å². The summed E-state index contributed by atoms with van der Waals surface area (Å²) in [5.41, 5.74) is 7.94. The summed E-state index contributed by atoms with van der Waals surface area (Å²) in [7, 11) is 1.65. The van der Waals surface area contributed by atoms with E-state index < -0.39 is 0 Å². The molecule has 0 aliphatic heterocycles. The van der Waals surface area contributed by atoms with E-state index in [1.54, 1.807) is 7.11 Å². The van der Waals surface area contributed by atoms with Gasteiger partial charge in [0, 0.05) is 12.1 Å². The number of methoxy groups -OCH3 is 1. The van der Waals surface area contributed by atoms with Crippen molar-refractivity contribution < 1.29 is 4.74 Å². The molecule has 0 spiro atoms. The van der Waals surface area contributed by atoms with Crippen LogP contribution >= 0.6 is 0 Å². The first kappa shape index (κ1) is 11.8. The summed E-state index contributed by atoms with van der Waals surface area (Å²) in [6.45, 7) is 6.52. The van der Waals surface area contributed by atoms with Crippen molar-refractivity contribution in [2.24, 2.45) is 5.92 Å². The predicted octanol–water partition coefficient (Wildman–Crippen LogP) is 2.84. The Hall–Kier alpha value is -1.71. The van der Waals surface area contributed by atoms with E-state index in [2.05, 4.69) is 30.3 Å². The molecule has 1 unspecified atom stereocenters. The van der Waals surface area contributed by atoms with Gasteiger partial charge in [-0.15, -0.1) is 0 Å². The highest BCUT2D eigenvalue weighted by molar-refractivity contribution is 5.80. The molecular weight excluding hydrogens is 214 g/mol. The number of hydrogen-bond donors (Lipinski definition) is 1. The number of nitrogens with two attached hydrogens (primary N) is 1. The minimum atomic E-state index is 0.327. The molecular formula is C13H19N3O. The van der Waals surface area contributed by atoms with Crippen LogP contribution in [0.1, 0.15) is 26.8 Å². The van der Waals surface area contributed by atoms with Crippen LogP contribution < -0.4 is 10.5 Å². The molecule has 0 saturated heterocycles. The number of nitrogen functional groups attached to an aromatic ring is 1. The van der Waals surface area contributed by atoms with Crippen molar-refractivity contribution >= 4 is 17.0 Å². The zero-order valence-corrected chi connectivity index (χ0v) is 10.8. The lowest BCUT2D eigenvalue weighted by Gasteiger charge is -2.19. The van der Waals surface area contributed by atoms with Gasteiger partial charge in [-0.1, -0.05) is 13.8 Å². The molecule has 92 valence electrons. The minimum absolute atomic E-state index is 0.327. The van der Waals surface area contributed by atoms with Crippen molar-refractivity contribution in [3.05, 3.63) is 18.2 Å². The molecule has 0 saturated carbocycles. The topological polar surface area (TPSA) is 53.1 Å². The number of fused-ring (bicyclic) bond motifs is 1. The van der Waals surface area contributed by atoms with Crippen molar-refractivity contribution in [1.29, 1.82) is 0 Å². The van der Waals surface area contributed by atoms with Gasteiger partial charge in [-0.25, -0.2) is 4.98 Å². The second kappa shape index (κ2) is 4.28. The van der Waals surface area contributed by atoms with Gasteiger partial charge in [0.05, 0.1) is 18.1 Å². The van der Waals surface area contributed by atoms with Crippen molar-refractivity contribution in [3.8, 4) is 5.75 Å². The maximum Gasteiger partial charge on any atom is 0.201 e. The molecule has 1 aromatic heterocycles. The average molecular weight is 233 g/mol. The fraction of sp³-hybridized carbons (Fsp3) is 0.462. The van der Waals surface area contributed by atoms with Crippen LogP contribution in [0.5, 0.6) is 5.75 Å². The standard InChI is InChI=1S/C13H19N3O/c1-8(2)9(3)16-12-6-5-10(17-4)7-11(12)15-13(16)14/h5-9H,1-4H3,(H2,14,15). The van der Waals surface area contributed by atoms with Crippen molar-refractivity contribution in [2.75, 3.05) is 12.8 Å². The molecule has 2 aromatic rings. The van der Waals surface area contributed by atoms with Crippen LogP contribution in [-0.4, -0.2) is 16.7 Å². The van der Waals surface area contributed by atoms with E-state index >= 15 is 0 Å². The molecule has 1 aromatic carbocycles. The van der Waals surface area contributed by atoms with Crippen LogP contribution in [0.4, 0.5) is 5.95 Å². The highest BCUT2D eigenvalue weighted by Gasteiger charge is 2.16. The molecule has 0 aliphatic carbocycles. The third kappa shape index (κ3) is 1.95. The summed E-state index contributed by atoms with van der Waals surface area (Å²) in [5, 5.41) is 0. The maximum absolute atomic E-state index is 5.99. The van der Waals surface area contributed by atoms with Crippen LogP contribution in [0.3, 0.4) is 0 Å². The highest BCUT2D eigenvalue weighted by Crippen LogP contribution is 2.28. The summed E-state index contributed by atoms with van der Waals surface area (Å²) in [5.74, 6) is 1.88. The van der Waals surface area contributed by atoms with Gasteiger partial charge in [0.1, 0.15) is 5.75 Å². The van der Waals surface area contributed by atoms with Gasteiger partial charge in [0.25, 0.3) is 0 Å². The fourth-order valence-corrected chi connectivity index (χ4v) is 1.95. The van der Waals surface area contributed by atoms with Gasteiger partial charge in [-0.2, -0.15) is 0 Å². The number of benzene rings is 1. The molecule has 1 atom stereocenters. The quantitative estimate of drug-likeness (QED) is 0.886. The summed E-state index contributed by atoms with van der Waals surface area (Å²) < 4.78 is 7.27. The molecule has 4 heteroatoms. The Balaban J connectivity index is 2.60. The van der Waals surface area contributed by atoms with E-state index in [-0.39, 0.29) is 0 Å². The van der Waals surface area contributed by atoms with Crippen LogP contribution in [-0.2, 0) is 0 Å². The Bertz CT molecular complexity index is 531. The third-order valence-corrected chi connectivity index (χ3v) is 3.30. The lowest BCUT2D eigenvalue weighted by Crippen LogP contribution is -2.13. The highest BCUT2D eigenvalue weighted by atomic mass is 16.5.